The average Bonchev–Trinajstić information content (AvgIpc) is 3.33. The molecule has 35 heavy (non-hydrogen) atoms. The van der Waals surface area contributed by atoms with Crippen LogP contribution in [0.15, 0.2) is 65.7 Å². The molecule has 0 saturated carbocycles. The molecule has 4 aromatic rings. The first-order chi connectivity index (χ1) is 16.8. The minimum Gasteiger partial charge on any atom is -0.492 e. The molecular formula is C25H28N4O5S. The molecule has 0 aliphatic heterocycles. The van der Waals surface area contributed by atoms with Crippen LogP contribution in [0.2, 0.25) is 0 Å². The number of aryl methyl sites for hydroxylation is 1. The molecule has 0 aliphatic carbocycles. The minimum atomic E-state index is -3.48. The van der Waals surface area contributed by atoms with E-state index >= 15 is 0 Å². The highest BCUT2D eigenvalue weighted by molar-refractivity contribution is 7.92. The molecule has 0 fully saturated rings. The summed E-state index contributed by atoms with van der Waals surface area (Å²) in [5.74, 6) is 1.67. The Morgan fingerprint density at radius 3 is 2.63 bits per heavy atom. The van der Waals surface area contributed by atoms with E-state index in [-0.39, 0.29) is 11.3 Å². The van der Waals surface area contributed by atoms with Crippen LogP contribution in [0.4, 0.5) is 5.69 Å². The Kier molecular flexibility index (Phi) is 7.13. The Hall–Kier alpha value is -3.76. The highest BCUT2D eigenvalue weighted by Gasteiger charge is 2.17. The number of benzene rings is 2. The number of anilines is 1. The minimum absolute atomic E-state index is 0.0528. The molecule has 0 saturated heterocycles. The molecular weight excluding hydrogens is 468 g/mol. The van der Waals surface area contributed by atoms with Gasteiger partial charge in [0.25, 0.3) is 5.56 Å². The van der Waals surface area contributed by atoms with Crippen molar-refractivity contribution in [3.8, 4) is 28.4 Å². The number of sulfonamides is 1. The molecule has 184 valence electrons. The maximum absolute atomic E-state index is 12.6. The first-order valence-electron chi connectivity index (χ1n) is 11.2. The molecule has 0 atom stereocenters. The number of rotatable bonds is 10. The summed E-state index contributed by atoms with van der Waals surface area (Å²) in [6, 6.07) is 14.2. The summed E-state index contributed by atoms with van der Waals surface area (Å²) in [6.45, 7) is 2.80. The third-order valence-electron chi connectivity index (χ3n) is 5.47. The zero-order valence-corrected chi connectivity index (χ0v) is 20.6. The quantitative estimate of drug-likeness (QED) is 0.289. The van der Waals surface area contributed by atoms with Crippen LogP contribution >= 0.6 is 0 Å². The Balaban J connectivity index is 1.80. The second kappa shape index (κ2) is 10.2. The number of nitrogens with one attached hydrogen (secondary N) is 3. The summed E-state index contributed by atoms with van der Waals surface area (Å²) in [5.41, 5.74) is 2.04. The number of ether oxygens (including phenoxy) is 2. The van der Waals surface area contributed by atoms with Crippen molar-refractivity contribution in [1.82, 2.24) is 14.9 Å². The number of aromatic nitrogens is 2. The fourth-order valence-electron chi connectivity index (χ4n) is 3.65. The molecule has 9 nitrogen and oxygen atoms in total. The van der Waals surface area contributed by atoms with Gasteiger partial charge in [-0.05, 0) is 50.4 Å². The van der Waals surface area contributed by atoms with E-state index < -0.39 is 10.0 Å². The van der Waals surface area contributed by atoms with Gasteiger partial charge in [-0.1, -0.05) is 6.07 Å². The summed E-state index contributed by atoms with van der Waals surface area (Å²) >= 11 is 0. The summed E-state index contributed by atoms with van der Waals surface area (Å²) in [5, 5.41) is 3.74. The van der Waals surface area contributed by atoms with Gasteiger partial charge in [-0.15, -0.1) is 0 Å². The van der Waals surface area contributed by atoms with Gasteiger partial charge in [0, 0.05) is 54.3 Å². The highest BCUT2D eigenvalue weighted by Crippen LogP contribution is 2.39. The van der Waals surface area contributed by atoms with Gasteiger partial charge in [-0.25, -0.2) is 8.42 Å². The fraction of sp³-hybridized carbons (Fsp3) is 0.240. The van der Waals surface area contributed by atoms with Gasteiger partial charge < -0.3 is 24.3 Å². The first-order valence-corrected chi connectivity index (χ1v) is 12.8. The van der Waals surface area contributed by atoms with Crippen molar-refractivity contribution in [2.75, 3.05) is 30.7 Å². The van der Waals surface area contributed by atoms with E-state index in [0.29, 0.717) is 52.6 Å². The molecule has 3 N–H and O–H groups in total. The monoisotopic (exact) mass is 496 g/mol. The fourth-order valence-corrected chi connectivity index (χ4v) is 4.28. The standard InChI is InChI=1S/C25H28N4O5S/c1-4-35(31,32)28-17-8-9-23(34-19-7-5-6-18(15-19)33-13-12-26-2)21(14-17)22-16-29(3)25(30)24-20(22)10-11-27-24/h5-11,14-16,26-28H,4,12-13H2,1-3H3. The predicted octanol–water partition coefficient (Wildman–Crippen LogP) is 3.69. The van der Waals surface area contributed by atoms with Crippen molar-refractivity contribution < 1.29 is 17.9 Å². The van der Waals surface area contributed by atoms with Crippen LogP contribution in [0.1, 0.15) is 6.92 Å². The van der Waals surface area contributed by atoms with Crippen molar-refractivity contribution in [3.63, 3.8) is 0 Å². The smallest absolute Gasteiger partial charge is 0.274 e. The van der Waals surface area contributed by atoms with E-state index in [0.717, 1.165) is 5.56 Å². The van der Waals surface area contributed by atoms with Crippen LogP contribution in [0.5, 0.6) is 17.2 Å². The lowest BCUT2D eigenvalue weighted by molar-refractivity contribution is 0.317. The van der Waals surface area contributed by atoms with Crippen LogP contribution < -0.4 is 25.1 Å². The molecule has 0 radical (unpaired) electrons. The van der Waals surface area contributed by atoms with E-state index in [9.17, 15) is 13.2 Å². The number of fused-ring (bicyclic) bond motifs is 1. The largest absolute Gasteiger partial charge is 0.492 e. The second-order valence-corrected chi connectivity index (χ2v) is 9.98. The van der Waals surface area contributed by atoms with Gasteiger partial charge >= 0.3 is 0 Å². The van der Waals surface area contributed by atoms with Gasteiger partial charge in [0.2, 0.25) is 10.0 Å². The molecule has 10 heteroatoms. The normalized spacial score (nSPS) is 11.5. The number of likely N-dealkylation sites (N-methyl/N-ethyl adjacent to an activating group) is 1. The van der Waals surface area contributed by atoms with Crippen LogP contribution in [0, 0.1) is 0 Å². The topological polar surface area (TPSA) is 114 Å². The molecule has 0 bridgehead atoms. The van der Waals surface area contributed by atoms with Gasteiger partial charge in [0.05, 0.1) is 5.75 Å². The van der Waals surface area contributed by atoms with Crippen molar-refractivity contribution in [3.05, 3.63) is 71.3 Å². The molecule has 2 aromatic carbocycles. The summed E-state index contributed by atoms with van der Waals surface area (Å²) in [4.78, 5) is 15.6. The molecule has 0 aliphatic rings. The number of H-pyrrole nitrogens is 1. The highest BCUT2D eigenvalue weighted by atomic mass is 32.2. The third-order valence-corrected chi connectivity index (χ3v) is 6.78. The maximum Gasteiger partial charge on any atom is 0.274 e. The maximum atomic E-state index is 12.6. The van der Waals surface area contributed by atoms with Crippen LogP contribution in [0.25, 0.3) is 22.0 Å². The zero-order chi connectivity index (χ0) is 25.0. The molecule has 2 aromatic heterocycles. The van der Waals surface area contributed by atoms with Crippen LogP contribution in [-0.2, 0) is 17.1 Å². The van der Waals surface area contributed by atoms with Crippen molar-refractivity contribution >= 4 is 26.6 Å². The first kappa shape index (κ1) is 24.4. The summed E-state index contributed by atoms with van der Waals surface area (Å²) in [6.07, 6.45) is 3.42. The molecule has 0 unspecified atom stereocenters. The lowest BCUT2D eigenvalue weighted by Gasteiger charge is -2.16. The Bertz CT molecular complexity index is 1510. The molecule has 0 amide bonds. The van der Waals surface area contributed by atoms with Gasteiger partial charge in [-0.2, -0.15) is 0 Å². The predicted molar refractivity (Wildman–Crippen MR) is 138 cm³/mol. The van der Waals surface area contributed by atoms with Crippen molar-refractivity contribution in [1.29, 1.82) is 0 Å². The SMILES string of the molecule is CCS(=O)(=O)Nc1ccc(Oc2cccc(OCCNC)c2)c(-c2cn(C)c(=O)c3[nH]ccc23)c1. The third kappa shape index (κ3) is 5.50. The number of aromatic amines is 1. The Morgan fingerprint density at radius 2 is 1.86 bits per heavy atom. The Labute approximate surface area is 203 Å². The lowest BCUT2D eigenvalue weighted by atomic mass is 10.0. The van der Waals surface area contributed by atoms with Crippen LogP contribution in [-0.4, -0.2) is 43.9 Å². The van der Waals surface area contributed by atoms with E-state index in [4.69, 9.17) is 9.47 Å². The van der Waals surface area contributed by atoms with E-state index in [2.05, 4.69) is 15.0 Å². The van der Waals surface area contributed by atoms with Crippen molar-refractivity contribution in [2.45, 2.75) is 6.92 Å². The number of pyridine rings is 1. The van der Waals surface area contributed by atoms with Crippen molar-refractivity contribution in [2.24, 2.45) is 7.05 Å². The summed E-state index contributed by atoms with van der Waals surface area (Å²) in [7, 11) is 0.0452. The molecule has 4 rings (SSSR count). The zero-order valence-electron chi connectivity index (χ0n) is 19.8. The molecule has 0 spiro atoms. The average molecular weight is 497 g/mol. The Morgan fingerprint density at radius 1 is 1.06 bits per heavy atom. The van der Waals surface area contributed by atoms with Gasteiger partial charge in [0.15, 0.2) is 0 Å². The van der Waals surface area contributed by atoms with Gasteiger partial charge in [-0.3, -0.25) is 9.52 Å². The van der Waals surface area contributed by atoms with E-state index in [1.807, 2.05) is 31.3 Å². The van der Waals surface area contributed by atoms with Gasteiger partial charge in [0.1, 0.15) is 29.4 Å². The summed E-state index contributed by atoms with van der Waals surface area (Å²) < 4.78 is 40.5. The molecule has 2 heterocycles. The van der Waals surface area contributed by atoms with Crippen LogP contribution in [0.3, 0.4) is 0 Å². The number of hydrogen-bond acceptors (Lipinski definition) is 6. The van der Waals surface area contributed by atoms with E-state index in [1.54, 1.807) is 50.6 Å². The second-order valence-electron chi connectivity index (χ2n) is 7.97. The number of hydrogen-bond donors (Lipinski definition) is 3. The number of nitrogens with zero attached hydrogens (tertiary/aromatic N) is 1. The van der Waals surface area contributed by atoms with E-state index in [1.165, 1.54) is 4.57 Å². The lowest BCUT2D eigenvalue weighted by Crippen LogP contribution is -2.17.